The zero-order valence-electron chi connectivity index (χ0n) is 20.8. The van der Waals surface area contributed by atoms with Crippen LogP contribution in [-0.4, -0.2) is 6.26 Å². The second kappa shape index (κ2) is 10.6. The van der Waals surface area contributed by atoms with Crippen molar-refractivity contribution in [3.05, 3.63) is 130 Å². The highest BCUT2D eigenvalue weighted by molar-refractivity contribution is 9.10. The number of rotatable bonds is 2. The Morgan fingerprint density at radius 3 is 1.24 bits per heavy atom. The molecule has 0 N–H and O–H groups in total. The van der Waals surface area contributed by atoms with E-state index < -0.39 is 0 Å². The van der Waals surface area contributed by atoms with Crippen LogP contribution < -0.4 is 0 Å². The van der Waals surface area contributed by atoms with Gasteiger partial charge in [-0.2, -0.15) is 12.6 Å². The summed E-state index contributed by atoms with van der Waals surface area (Å²) in [5.74, 6) is 0. The first-order valence-corrected chi connectivity index (χ1v) is 14.9. The van der Waals surface area contributed by atoms with Crippen LogP contribution in [-0.2, 0) is 0 Å². The van der Waals surface area contributed by atoms with E-state index in [1.54, 1.807) is 6.26 Å². The summed E-state index contributed by atoms with van der Waals surface area (Å²) in [6.45, 7) is 0. The van der Waals surface area contributed by atoms with Gasteiger partial charge in [0.25, 0.3) is 0 Å². The van der Waals surface area contributed by atoms with Crippen LogP contribution in [0.1, 0.15) is 0 Å². The standard InChI is InChI=1S/C34H20Br2.CH4S/c35-23-16-18-30-31(19-23)33(27-13-5-9-21-7-1-3-11-25(21)27)29-17-15-24(36)20-32(29)34(30)28-14-6-10-22-8-2-4-12-26(22)28;1-2/h1-20H;2H,1H3. The molecule has 0 nitrogen and oxygen atoms in total. The maximum atomic E-state index is 3.78. The molecule has 0 aromatic heterocycles. The summed E-state index contributed by atoms with van der Waals surface area (Å²) in [6.07, 6.45) is 1.69. The zero-order chi connectivity index (χ0) is 26.2. The minimum absolute atomic E-state index is 1.08. The fourth-order valence-corrected chi connectivity index (χ4v) is 6.36. The van der Waals surface area contributed by atoms with E-state index in [2.05, 4.69) is 166 Å². The molecular formula is C35H24Br2S. The molecule has 3 heteroatoms. The molecule has 0 unspecified atom stereocenters. The molecule has 0 heterocycles. The fourth-order valence-electron chi connectivity index (χ4n) is 5.64. The van der Waals surface area contributed by atoms with Crippen molar-refractivity contribution in [2.75, 3.05) is 6.26 Å². The minimum atomic E-state index is 1.08. The number of benzene rings is 7. The molecule has 0 atom stereocenters. The quantitative estimate of drug-likeness (QED) is 0.142. The summed E-state index contributed by atoms with van der Waals surface area (Å²) in [5.41, 5.74) is 5.06. The molecule has 0 spiro atoms. The van der Waals surface area contributed by atoms with Gasteiger partial charge < -0.3 is 0 Å². The van der Waals surface area contributed by atoms with Crippen LogP contribution >= 0.6 is 44.5 Å². The largest absolute Gasteiger partial charge is 0.183 e. The van der Waals surface area contributed by atoms with Crippen LogP contribution in [0.4, 0.5) is 0 Å². The van der Waals surface area contributed by atoms with Gasteiger partial charge >= 0.3 is 0 Å². The van der Waals surface area contributed by atoms with Gasteiger partial charge in [-0.25, -0.2) is 0 Å². The molecular weight excluding hydrogens is 612 g/mol. The third-order valence-corrected chi connectivity index (χ3v) is 8.15. The van der Waals surface area contributed by atoms with Crippen molar-refractivity contribution in [1.82, 2.24) is 0 Å². The predicted molar refractivity (Wildman–Crippen MR) is 178 cm³/mol. The summed E-state index contributed by atoms with van der Waals surface area (Å²) >= 11 is 11.1. The lowest BCUT2D eigenvalue weighted by molar-refractivity contribution is 1.66. The van der Waals surface area contributed by atoms with Crippen LogP contribution in [0.5, 0.6) is 0 Å². The minimum Gasteiger partial charge on any atom is -0.183 e. The molecule has 0 aliphatic heterocycles. The number of thiol groups is 1. The van der Waals surface area contributed by atoms with Gasteiger partial charge in [0.05, 0.1) is 0 Å². The van der Waals surface area contributed by atoms with Crippen molar-refractivity contribution in [2.45, 2.75) is 0 Å². The molecule has 0 bridgehead atoms. The first-order chi connectivity index (χ1) is 18.7. The average molecular weight is 636 g/mol. The van der Waals surface area contributed by atoms with E-state index in [-0.39, 0.29) is 0 Å². The zero-order valence-corrected chi connectivity index (χ0v) is 24.8. The van der Waals surface area contributed by atoms with Crippen LogP contribution in [0.25, 0.3) is 65.3 Å². The summed E-state index contributed by atoms with van der Waals surface area (Å²) in [5, 5.41) is 10.0. The van der Waals surface area contributed by atoms with Gasteiger partial charge in [-0.15, -0.1) is 0 Å². The molecule has 0 saturated carbocycles. The van der Waals surface area contributed by atoms with Crippen LogP contribution in [0.3, 0.4) is 0 Å². The summed E-state index contributed by atoms with van der Waals surface area (Å²) in [6, 6.07) is 44.0. The molecule has 38 heavy (non-hydrogen) atoms. The molecule has 0 amide bonds. The van der Waals surface area contributed by atoms with E-state index in [1.165, 1.54) is 65.3 Å². The van der Waals surface area contributed by atoms with E-state index in [4.69, 9.17) is 0 Å². The van der Waals surface area contributed by atoms with Gasteiger partial charge in [-0.3, -0.25) is 0 Å². The van der Waals surface area contributed by atoms with E-state index in [9.17, 15) is 0 Å². The summed E-state index contributed by atoms with van der Waals surface area (Å²) in [7, 11) is 0. The third kappa shape index (κ3) is 4.23. The van der Waals surface area contributed by atoms with Crippen LogP contribution in [0, 0.1) is 0 Å². The number of halogens is 2. The maximum Gasteiger partial charge on any atom is 0.0181 e. The van der Waals surface area contributed by atoms with Crippen LogP contribution in [0.15, 0.2) is 130 Å². The smallest absolute Gasteiger partial charge is 0.0181 e. The van der Waals surface area contributed by atoms with Gasteiger partial charge in [-0.1, -0.05) is 129 Å². The van der Waals surface area contributed by atoms with E-state index in [0.29, 0.717) is 0 Å². The van der Waals surface area contributed by atoms with E-state index in [1.807, 2.05) is 0 Å². The second-order valence-corrected chi connectivity index (χ2v) is 11.0. The SMILES string of the molecule is Brc1ccc2c(-c3cccc4ccccc34)c3cc(Br)ccc3c(-c3cccc4ccccc34)c2c1.CS. The Hall–Kier alpha value is -3.11. The third-order valence-electron chi connectivity index (χ3n) is 7.16. The Labute approximate surface area is 245 Å². The molecule has 7 aromatic rings. The highest BCUT2D eigenvalue weighted by Gasteiger charge is 2.19. The van der Waals surface area contributed by atoms with Gasteiger partial charge in [0.1, 0.15) is 0 Å². The molecule has 0 radical (unpaired) electrons. The van der Waals surface area contributed by atoms with Gasteiger partial charge in [-0.05, 0) is 95.9 Å². The molecule has 0 saturated heterocycles. The molecule has 184 valence electrons. The van der Waals surface area contributed by atoms with E-state index >= 15 is 0 Å². The van der Waals surface area contributed by atoms with Crippen molar-refractivity contribution in [1.29, 1.82) is 0 Å². The Bertz CT molecular complexity index is 1820. The van der Waals surface area contributed by atoms with Gasteiger partial charge in [0, 0.05) is 8.95 Å². The lowest BCUT2D eigenvalue weighted by Crippen LogP contribution is -1.93. The van der Waals surface area contributed by atoms with Crippen LogP contribution in [0.2, 0.25) is 0 Å². The highest BCUT2D eigenvalue weighted by Crippen LogP contribution is 2.47. The molecule has 7 aromatic carbocycles. The first-order valence-electron chi connectivity index (χ1n) is 12.4. The molecule has 0 aliphatic carbocycles. The topological polar surface area (TPSA) is 0 Å². The predicted octanol–water partition coefficient (Wildman–Crippen LogP) is 11.7. The van der Waals surface area contributed by atoms with Crippen molar-refractivity contribution >= 4 is 87.6 Å². The van der Waals surface area contributed by atoms with Crippen molar-refractivity contribution < 1.29 is 0 Å². The summed E-state index contributed by atoms with van der Waals surface area (Å²) in [4.78, 5) is 0. The Kier molecular flexibility index (Phi) is 7.01. The van der Waals surface area contributed by atoms with Crippen molar-refractivity contribution in [3.8, 4) is 22.3 Å². The second-order valence-electron chi connectivity index (χ2n) is 9.18. The van der Waals surface area contributed by atoms with Crippen molar-refractivity contribution in [3.63, 3.8) is 0 Å². The fraction of sp³-hybridized carbons (Fsp3) is 0.0286. The van der Waals surface area contributed by atoms with E-state index in [0.717, 1.165) is 8.95 Å². The first kappa shape index (κ1) is 25.2. The average Bonchev–Trinajstić information content (AvgIpc) is 2.96. The monoisotopic (exact) mass is 634 g/mol. The Balaban J connectivity index is 0.00000129. The number of hydrogen-bond acceptors (Lipinski definition) is 1. The normalized spacial score (nSPS) is 11.2. The molecule has 0 fully saturated rings. The lowest BCUT2D eigenvalue weighted by atomic mass is 9.84. The Morgan fingerprint density at radius 2 is 0.789 bits per heavy atom. The molecule has 0 aliphatic rings. The van der Waals surface area contributed by atoms with Gasteiger partial charge in [0.15, 0.2) is 0 Å². The number of fused-ring (bicyclic) bond motifs is 4. The highest BCUT2D eigenvalue weighted by atomic mass is 79.9. The maximum absolute atomic E-state index is 3.78. The summed E-state index contributed by atoms with van der Waals surface area (Å²) < 4.78 is 2.16. The number of hydrogen-bond donors (Lipinski definition) is 1. The Morgan fingerprint density at radius 1 is 0.395 bits per heavy atom. The van der Waals surface area contributed by atoms with Gasteiger partial charge in [0.2, 0.25) is 0 Å². The molecule has 7 rings (SSSR count). The lowest BCUT2D eigenvalue weighted by Gasteiger charge is -2.20. The van der Waals surface area contributed by atoms with Crippen molar-refractivity contribution in [2.24, 2.45) is 0 Å².